The van der Waals surface area contributed by atoms with Crippen molar-refractivity contribution in [3.63, 3.8) is 0 Å². The summed E-state index contributed by atoms with van der Waals surface area (Å²) in [6, 6.07) is 5.04. The molecule has 1 aliphatic carbocycles. The molecule has 0 aromatic carbocycles. The molecule has 0 bridgehead atoms. The third-order valence-corrected chi connectivity index (χ3v) is 4.80. The van der Waals surface area contributed by atoms with Gasteiger partial charge in [-0.1, -0.05) is 12.5 Å². The van der Waals surface area contributed by atoms with Crippen LogP contribution in [-0.4, -0.2) is 18.6 Å². The minimum absolute atomic E-state index is 0.0159. The summed E-state index contributed by atoms with van der Waals surface area (Å²) in [6.07, 6.45) is 4.16. The van der Waals surface area contributed by atoms with Crippen LogP contribution in [0.2, 0.25) is 0 Å². The molecule has 1 fully saturated rings. The summed E-state index contributed by atoms with van der Waals surface area (Å²) < 4.78 is 5.14. The minimum atomic E-state index is -0.0159. The van der Waals surface area contributed by atoms with E-state index in [0.717, 1.165) is 25.7 Å². The van der Waals surface area contributed by atoms with E-state index in [2.05, 4.69) is 29.8 Å². The highest BCUT2D eigenvalue weighted by Crippen LogP contribution is 2.28. The third kappa shape index (κ3) is 4.05. The largest absolute Gasteiger partial charge is 0.466 e. The zero-order valence-corrected chi connectivity index (χ0v) is 12.5. The molecule has 2 rings (SSSR count). The molecule has 0 spiro atoms. The fourth-order valence-electron chi connectivity index (χ4n) is 2.79. The van der Waals surface area contributed by atoms with Crippen molar-refractivity contribution in [2.45, 2.75) is 51.6 Å². The number of rotatable bonds is 5. The Morgan fingerprint density at radius 3 is 3.11 bits per heavy atom. The van der Waals surface area contributed by atoms with Crippen LogP contribution in [0.4, 0.5) is 0 Å². The van der Waals surface area contributed by atoms with Crippen LogP contribution in [0.5, 0.6) is 0 Å². The number of carbonyl (C=O) groups is 1. The fraction of sp³-hybridized carbons (Fsp3) is 0.667. The van der Waals surface area contributed by atoms with Crippen molar-refractivity contribution in [3.8, 4) is 0 Å². The monoisotopic (exact) mass is 281 g/mol. The van der Waals surface area contributed by atoms with E-state index >= 15 is 0 Å². The first-order valence-electron chi connectivity index (χ1n) is 7.16. The van der Waals surface area contributed by atoms with Crippen LogP contribution in [0, 0.1) is 5.92 Å². The van der Waals surface area contributed by atoms with E-state index in [-0.39, 0.29) is 11.9 Å². The Hall–Kier alpha value is -0.870. The molecule has 1 aromatic heterocycles. The smallest absolute Gasteiger partial charge is 0.308 e. The highest BCUT2D eigenvalue weighted by Gasteiger charge is 2.28. The SMILES string of the molecule is CCOC(=O)C1CCCC(N[C@H](C)c2cccs2)C1. The van der Waals surface area contributed by atoms with Gasteiger partial charge in [-0.25, -0.2) is 0 Å². The maximum absolute atomic E-state index is 11.8. The number of thiophene rings is 1. The second-order valence-electron chi connectivity index (χ2n) is 5.22. The summed E-state index contributed by atoms with van der Waals surface area (Å²) in [5.41, 5.74) is 0. The van der Waals surface area contributed by atoms with Gasteiger partial charge >= 0.3 is 5.97 Å². The molecule has 0 radical (unpaired) electrons. The van der Waals surface area contributed by atoms with Crippen molar-refractivity contribution in [2.75, 3.05) is 6.61 Å². The first-order chi connectivity index (χ1) is 9.20. The van der Waals surface area contributed by atoms with Crippen LogP contribution in [0.25, 0.3) is 0 Å². The summed E-state index contributed by atoms with van der Waals surface area (Å²) in [6.45, 7) is 4.55. The Labute approximate surface area is 119 Å². The average Bonchev–Trinajstić information content (AvgIpc) is 2.93. The zero-order valence-electron chi connectivity index (χ0n) is 11.7. The lowest BCUT2D eigenvalue weighted by Gasteiger charge is -2.30. The van der Waals surface area contributed by atoms with Crippen molar-refractivity contribution < 1.29 is 9.53 Å². The molecule has 0 aliphatic heterocycles. The van der Waals surface area contributed by atoms with Crippen molar-refractivity contribution >= 4 is 17.3 Å². The summed E-state index contributed by atoms with van der Waals surface area (Å²) in [7, 11) is 0. The van der Waals surface area contributed by atoms with Gasteiger partial charge in [-0.3, -0.25) is 4.79 Å². The molecule has 3 nitrogen and oxygen atoms in total. The predicted molar refractivity (Wildman–Crippen MR) is 78.2 cm³/mol. The van der Waals surface area contributed by atoms with Gasteiger partial charge in [0, 0.05) is 17.0 Å². The van der Waals surface area contributed by atoms with Gasteiger partial charge in [-0.05, 0) is 44.6 Å². The van der Waals surface area contributed by atoms with Gasteiger partial charge in [-0.15, -0.1) is 11.3 Å². The summed E-state index contributed by atoms with van der Waals surface area (Å²) in [5, 5.41) is 5.76. The van der Waals surface area contributed by atoms with Crippen molar-refractivity contribution in [1.82, 2.24) is 5.32 Å². The van der Waals surface area contributed by atoms with Crippen molar-refractivity contribution in [1.29, 1.82) is 0 Å². The number of nitrogens with one attached hydrogen (secondary N) is 1. The zero-order chi connectivity index (χ0) is 13.7. The average molecular weight is 281 g/mol. The molecule has 1 saturated carbocycles. The number of ether oxygens (including phenoxy) is 1. The molecule has 106 valence electrons. The van der Waals surface area contributed by atoms with Gasteiger partial charge in [0.25, 0.3) is 0 Å². The van der Waals surface area contributed by atoms with Gasteiger partial charge < -0.3 is 10.1 Å². The highest BCUT2D eigenvalue weighted by molar-refractivity contribution is 7.10. The summed E-state index contributed by atoms with van der Waals surface area (Å²) >= 11 is 1.78. The van der Waals surface area contributed by atoms with E-state index in [1.807, 2.05) is 6.92 Å². The van der Waals surface area contributed by atoms with Gasteiger partial charge in [0.2, 0.25) is 0 Å². The number of hydrogen-bond donors (Lipinski definition) is 1. The topological polar surface area (TPSA) is 38.3 Å². The van der Waals surface area contributed by atoms with Gasteiger partial charge in [0.05, 0.1) is 12.5 Å². The Balaban J connectivity index is 1.85. The Morgan fingerprint density at radius 2 is 2.42 bits per heavy atom. The molecule has 3 atom stereocenters. The number of esters is 1. The van der Waals surface area contributed by atoms with Gasteiger partial charge in [0.1, 0.15) is 0 Å². The molecule has 1 aromatic rings. The highest BCUT2D eigenvalue weighted by atomic mass is 32.1. The Bertz CT molecular complexity index is 391. The predicted octanol–water partition coefficient (Wildman–Crippen LogP) is 3.52. The molecular formula is C15H23NO2S. The molecule has 19 heavy (non-hydrogen) atoms. The van der Waals surface area contributed by atoms with E-state index in [1.54, 1.807) is 11.3 Å². The molecule has 1 aliphatic rings. The Morgan fingerprint density at radius 1 is 1.58 bits per heavy atom. The van der Waals surface area contributed by atoms with E-state index < -0.39 is 0 Å². The second kappa shape index (κ2) is 7.06. The molecular weight excluding hydrogens is 258 g/mol. The molecule has 2 unspecified atom stereocenters. The normalized spacial score (nSPS) is 24.9. The fourth-order valence-corrected chi connectivity index (χ4v) is 3.53. The van der Waals surface area contributed by atoms with Crippen LogP contribution < -0.4 is 5.32 Å². The maximum atomic E-state index is 11.8. The number of carbonyl (C=O) groups excluding carboxylic acids is 1. The number of hydrogen-bond acceptors (Lipinski definition) is 4. The van der Waals surface area contributed by atoms with Crippen LogP contribution in [0.1, 0.15) is 50.4 Å². The van der Waals surface area contributed by atoms with Crippen LogP contribution in [0.15, 0.2) is 17.5 Å². The molecule has 1 N–H and O–H groups in total. The molecule has 0 amide bonds. The quantitative estimate of drug-likeness (QED) is 0.839. The van der Waals surface area contributed by atoms with Gasteiger partial charge in [0.15, 0.2) is 0 Å². The molecule has 4 heteroatoms. The van der Waals surface area contributed by atoms with Crippen LogP contribution in [0.3, 0.4) is 0 Å². The Kier molecular flexibility index (Phi) is 5.40. The minimum Gasteiger partial charge on any atom is -0.466 e. The summed E-state index contributed by atoms with van der Waals surface area (Å²) in [5.74, 6) is 0.0690. The lowest BCUT2D eigenvalue weighted by Crippen LogP contribution is -2.38. The summed E-state index contributed by atoms with van der Waals surface area (Å²) in [4.78, 5) is 13.2. The van der Waals surface area contributed by atoms with Crippen molar-refractivity contribution in [2.24, 2.45) is 5.92 Å². The second-order valence-corrected chi connectivity index (χ2v) is 6.20. The van der Waals surface area contributed by atoms with E-state index in [0.29, 0.717) is 18.7 Å². The lowest BCUT2D eigenvalue weighted by molar-refractivity contribution is -0.149. The van der Waals surface area contributed by atoms with E-state index in [9.17, 15) is 4.79 Å². The van der Waals surface area contributed by atoms with Gasteiger partial charge in [-0.2, -0.15) is 0 Å². The van der Waals surface area contributed by atoms with E-state index in [1.165, 1.54) is 4.88 Å². The lowest BCUT2D eigenvalue weighted by atomic mass is 9.85. The van der Waals surface area contributed by atoms with Crippen LogP contribution >= 0.6 is 11.3 Å². The van der Waals surface area contributed by atoms with E-state index in [4.69, 9.17) is 4.74 Å². The third-order valence-electron chi connectivity index (χ3n) is 3.75. The maximum Gasteiger partial charge on any atom is 0.308 e. The first-order valence-corrected chi connectivity index (χ1v) is 8.04. The molecule has 0 saturated heterocycles. The standard InChI is InChI=1S/C15H23NO2S/c1-3-18-15(17)12-6-4-7-13(10-12)16-11(2)14-8-5-9-19-14/h5,8-9,11-13,16H,3-4,6-7,10H2,1-2H3/t11-,12?,13?/m1/s1. The first kappa shape index (κ1) is 14.5. The molecule has 1 heterocycles. The van der Waals surface area contributed by atoms with Crippen LogP contribution in [-0.2, 0) is 9.53 Å². The van der Waals surface area contributed by atoms with Crippen molar-refractivity contribution in [3.05, 3.63) is 22.4 Å².